The number of methoxy groups -OCH3 is 1. The largest absolute Gasteiger partial charge is 0.497 e. The van der Waals surface area contributed by atoms with Crippen LogP contribution in [0.4, 0.5) is 0 Å². The van der Waals surface area contributed by atoms with E-state index >= 15 is 0 Å². The van der Waals surface area contributed by atoms with E-state index in [0.29, 0.717) is 12.0 Å². The standard InChI is InChI=1S/C18H24N4O/c1-22(12-14-7-9-19-10-8-14)13-16-11-20-21-18(16)15-3-5-17(23-2)6-4-15/h3-10,16,18,20-21H,11-13H2,1-2H3. The fourth-order valence-electron chi connectivity index (χ4n) is 3.14. The number of ether oxygens (including phenoxy) is 1. The van der Waals surface area contributed by atoms with Gasteiger partial charge in [-0.2, -0.15) is 0 Å². The molecule has 23 heavy (non-hydrogen) atoms. The van der Waals surface area contributed by atoms with E-state index in [1.54, 1.807) is 7.11 Å². The van der Waals surface area contributed by atoms with Crippen molar-refractivity contribution in [2.75, 3.05) is 27.2 Å². The van der Waals surface area contributed by atoms with E-state index in [2.05, 4.69) is 52.0 Å². The topological polar surface area (TPSA) is 49.4 Å². The van der Waals surface area contributed by atoms with Gasteiger partial charge in [-0.05, 0) is 42.4 Å². The molecule has 0 bridgehead atoms. The minimum atomic E-state index is 0.320. The predicted molar refractivity (Wildman–Crippen MR) is 90.9 cm³/mol. The molecule has 3 rings (SSSR count). The molecule has 2 unspecified atom stereocenters. The maximum Gasteiger partial charge on any atom is 0.118 e. The first-order valence-corrected chi connectivity index (χ1v) is 7.96. The van der Waals surface area contributed by atoms with Gasteiger partial charge in [0.25, 0.3) is 0 Å². The van der Waals surface area contributed by atoms with E-state index in [4.69, 9.17) is 4.74 Å². The number of benzene rings is 1. The summed E-state index contributed by atoms with van der Waals surface area (Å²) in [4.78, 5) is 6.44. The van der Waals surface area contributed by atoms with E-state index in [1.165, 1.54) is 11.1 Å². The summed E-state index contributed by atoms with van der Waals surface area (Å²) in [7, 11) is 3.87. The van der Waals surface area contributed by atoms with Crippen LogP contribution in [0.3, 0.4) is 0 Å². The average molecular weight is 312 g/mol. The summed E-state index contributed by atoms with van der Waals surface area (Å²) >= 11 is 0. The second-order valence-corrected chi connectivity index (χ2v) is 6.09. The lowest BCUT2D eigenvalue weighted by molar-refractivity contribution is 0.262. The van der Waals surface area contributed by atoms with Gasteiger partial charge in [0.1, 0.15) is 5.75 Å². The molecule has 5 nitrogen and oxygen atoms in total. The second-order valence-electron chi connectivity index (χ2n) is 6.09. The van der Waals surface area contributed by atoms with Crippen LogP contribution in [0.25, 0.3) is 0 Å². The van der Waals surface area contributed by atoms with Crippen molar-refractivity contribution in [3.63, 3.8) is 0 Å². The van der Waals surface area contributed by atoms with Crippen molar-refractivity contribution >= 4 is 0 Å². The summed E-state index contributed by atoms with van der Waals surface area (Å²) < 4.78 is 5.24. The number of nitrogens with zero attached hydrogens (tertiary/aromatic N) is 2. The van der Waals surface area contributed by atoms with Crippen molar-refractivity contribution in [3.05, 3.63) is 59.9 Å². The minimum absolute atomic E-state index is 0.320. The Bertz CT molecular complexity index is 602. The molecule has 2 N–H and O–H groups in total. The van der Waals surface area contributed by atoms with Gasteiger partial charge in [0.2, 0.25) is 0 Å². The molecule has 2 heterocycles. The van der Waals surface area contributed by atoms with Gasteiger partial charge >= 0.3 is 0 Å². The molecular weight excluding hydrogens is 288 g/mol. The Morgan fingerprint density at radius 3 is 2.61 bits per heavy atom. The molecule has 5 heteroatoms. The maximum atomic E-state index is 5.24. The van der Waals surface area contributed by atoms with E-state index in [0.717, 1.165) is 25.4 Å². The smallest absolute Gasteiger partial charge is 0.118 e. The van der Waals surface area contributed by atoms with Crippen molar-refractivity contribution in [2.45, 2.75) is 12.6 Å². The third-order valence-corrected chi connectivity index (χ3v) is 4.32. The zero-order valence-electron chi connectivity index (χ0n) is 13.7. The lowest BCUT2D eigenvalue weighted by Gasteiger charge is -2.25. The third kappa shape index (κ3) is 4.07. The molecule has 122 valence electrons. The van der Waals surface area contributed by atoms with Crippen molar-refractivity contribution in [2.24, 2.45) is 5.92 Å². The van der Waals surface area contributed by atoms with Crippen molar-refractivity contribution in [1.82, 2.24) is 20.7 Å². The summed E-state index contributed by atoms with van der Waals surface area (Å²) in [5, 5.41) is 0. The number of hydrogen-bond donors (Lipinski definition) is 2. The normalized spacial score (nSPS) is 20.8. The van der Waals surface area contributed by atoms with Crippen LogP contribution in [0.2, 0.25) is 0 Å². The summed E-state index contributed by atoms with van der Waals surface area (Å²) in [5.41, 5.74) is 9.29. The van der Waals surface area contributed by atoms with Gasteiger partial charge in [0.15, 0.2) is 0 Å². The van der Waals surface area contributed by atoms with Crippen LogP contribution >= 0.6 is 0 Å². The number of hydrogen-bond acceptors (Lipinski definition) is 5. The molecule has 2 aromatic rings. The van der Waals surface area contributed by atoms with Crippen LogP contribution in [-0.2, 0) is 6.54 Å². The van der Waals surface area contributed by atoms with Crippen LogP contribution in [0.5, 0.6) is 5.75 Å². The monoisotopic (exact) mass is 312 g/mol. The van der Waals surface area contributed by atoms with E-state index in [-0.39, 0.29) is 0 Å². The van der Waals surface area contributed by atoms with Crippen LogP contribution < -0.4 is 15.6 Å². The summed E-state index contributed by atoms with van der Waals surface area (Å²) in [6.45, 7) is 2.94. The number of pyridine rings is 1. The van der Waals surface area contributed by atoms with Crippen molar-refractivity contribution in [3.8, 4) is 5.75 Å². The summed E-state index contributed by atoms with van der Waals surface area (Å²) in [6.07, 6.45) is 3.70. The second kappa shape index (κ2) is 7.55. The number of aromatic nitrogens is 1. The van der Waals surface area contributed by atoms with Crippen LogP contribution in [0, 0.1) is 5.92 Å². The molecule has 0 saturated carbocycles. The fourth-order valence-corrected chi connectivity index (χ4v) is 3.14. The molecule has 0 spiro atoms. The van der Waals surface area contributed by atoms with E-state index < -0.39 is 0 Å². The molecule has 1 aromatic heterocycles. The van der Waals surface area contributed by atoms with Gasteiger partial charge in [-0.1, -0.05) is 12.1 Å². The first-order valence-electron chi connectivity index (χ1n) is 7.96. The first-order chi connectivity index (χ1) is 11.3. The summed E-state index contributed by atoms with van der Waals surface area (Å²) in [6, 6.07) is 12.8. The van der Waals surface area contributed by atoms with Crippen LogP contribution in [-0.4, -0.2) is 37.1 Å². The molecule has 1 aromatic carbocycles. The molecule has 1 aliphatic heterocycles. The van der Waals surface area contributed by atoms with Gasteiger partial charge in [-0.15, -0.1) is 0 Å². The Kier molecular flexibility index (Phi) is 5.23. The highest BCUT2D eigenvalue weighted by atomic mass is 16.5. The van der Waals surface area contributed by atoms with Gasteiger partial charge in [0, 0.05) is 37.9 Å². The minimum Gasteiger partial charge on any atom is -0.497 e. The highest BCUT2D eigenvalue weighted by molar-refractivity contribution is 5.30. The van der Waals surface area contributed by atoms with Crippen LogP contribution in [0.15, 0.2) is 48.8 Å². The van der Waals surface area contributed by atoms with Crippen molar-refractivity contribution < 1.29 is 4.74 Å². The fraction of sp³-hybridized carbons (Fsp3) is 0.389. The third-order valence-electron chi connectivity index (χ3n) is 4.32. The Labute approximate surface area is 137 Å². The van der Waals surface area contributed by atoms with Gasteiger partial charge in [-0.25, -0.2) is 5.43 Å². The van der Waals surface area contributed by atoms with Gasteiger partial charge in [0.05, 0.1) is 13.2 Å². The number of nitrogens with one attached hydrogen (secondary N) is 2. The average Bonchev–Trinajstić information content (AvgIpc) is 3.03. The lowest BCUT2D eigenvalue weighted by atomic mass is 9.94. The molecule has 1 saturated heterocycles. The highest BCUT2D eigenvalue weighted by Crippen LogP contribution is 2.27. The first kappa shape index (κ1) is 15.9. The Morgan fingerprint density at radius 2 is 1.91 bits per heavy atom. The predicted octanol–water partition coefficient (Wildman–Crippen LogP) is 1.99. The summed E-state index contributed by atoms with van der Waals surface area (Å²) in [5.74, 6) is 1.42. The Balaban J connectivity index is 1.62. The molecule has 0 radical (unpaired) electrons. The number of hydrazine groups is 1. The molecule has 0 aliphatic carbocycles. The molecule has 1 fully saturated rings. The maximum absolute atomic E-state index is 5.24. The molecule has 1 aliphatic rings. The molecule has 0 amide bonds. The zero-order valence-corrected chi connectivity index (χ0v) is 13.7. The molecular formula is C18H24N4O. The molecule has 2 atom stereocenters. The SMILES string of the molecule is COc1ccc(C2NNCC2CN(C)Cc2ccncc2)cc1. The Hall–Kier alpha value is -1.95. The zero-order chi connectivity index (χ0) is 16.1. The van der Waals surface area contributed by atoms with E-state index in [9.17, 15) is 0 Å². The quantitative estimate of drug-likeness (QED) is 0.854. The van der Waals surface area contributed by atoms with Crippen molar-refractivity contribution in [1.29, 1.82) is 0 Å². The number of rotatable bonds is 6. The van der Waals surface area contributed by atoms with Crippen LogP contribution in [0.1, 0.15) is 17.2 Å². The van der Waals surface area contributed by atoms with Gasteiger partial charge in [-0.3, -0.25) is 10.4 Å². The highest BCUT2D eigenvalue weighted by Gasteiger charge is 2.29. The Morgan fingerprint density at radius 1 is 1.17 bits per heavy atom. The van der Waals surface area contributed by atoms with E-state index in [1.807, 2.05) is 24.5 Å². The van der Waals surface area contributed by atoms with Gasteiger partial charge < -0.3 is 9.64 Å². The lowest BCUT2D eigenvalue weighted by Crippen LogP contribution is -2.30.